The molecule has 1 aromatic carbocycles. The van der Waals surface area contributed by atoms with E-state index in [0.29, 0.717) is 0 Å². The van der Waals surface area contributed by atoms with Crippen molar-refractivity contribution < 1.29 is 9.47 Å². The number of unbranched alkanes of at least 4 members (excludes halogenated alkanes) is 6. The summed E-state index contributed by atoms with van der Waals surface area (Å²) < 4.78 is 11.1. The van der Waals surface area contributed by atoms with Crippen LogP contribution in [0, 0.1) is 0 Å². The van der Waals surface area contributed by atoms with Crippen LogP contribution < -0.4 is 4.74 Å². The minimum atomic E-state index is 0.233. The van der Waals surface area contributed by atoms with E-state index in [4.69, 9.17) is 9.47 Å². The van der Waals surface area contributed by atoms with Crippen molar-refractivity contribution in [3.63, 3.8) is 0 Å². The van der Waals surface area contributed by atoms with E-state index in [1.54, 1.807) is 7.11 Å². The standard InChI is InChI=1S/C19H32O2/c1-4-6-7-8-9-10-11-12-19(21-5-2)17-13-15-18(20-3)16-14-17/h13-16,19H,4-12H2,1-3H3. The lowest BCUT2D eigenvalue weighted by atomic mass is 10.0. The van der Waals surface area contributed by atoms with Gasteiger partial charge in [-0.2, -0.15) is 0 Å². The van der Waals surface area contributed by atoms with Gasteiger partial charge in [0.15, 0.2) is 0 Å². The van der Waals surface area contributed by atoms with Gasteiger partial charge in [-0.25, -0.2) is 0 Å². The molecular weight excluding hydrogens is 260 g/mol. The molecule has 0 saturated carbocycles. The van der Waals surface area contributed by atoms with Gasteiger partial charge in [0.1, 0.15) is 5.75 Å². The van der Waals surface area contributed by atoms with Crippen LogP contribution in [-0.4, -0.2) is 13.7 Å². The maximum absolute atomic E-state index is 5.91. The molecule has 0 amide bonds. The molecule has 1 rings (SSSR count). The van der Waals surface area contributed by atoms with Gasteiger partial charge in [0, 0.05) is 6.61 Å². The van der Waals surface area contributed by atoms with Crippen LogP contribution in [0.2, 0.25) is 0 Å². The molecule has 0 N–H and O–H groups in total. The van der Waals surface area contributed by atoms with Crippen molar-refractivity contribution in [1.82, 2.24) is 0 Å². The molecule has 0 aliphatic rings. The highest BCUT2D eigenvalue weighted by atomic mass is 16.5. The molecule has 1 aromatic rings. The lowest BCUT2D eigenvalue weighted by molar-refractivity contribution is 0.0542. The predicted octanol–water partition coefficient (Wildman–Crippen LogP) is 5.91. The monoisotopic (exact) mass is 292 g/mol. The first-order chi connectivity index (χ1) is 10.3. The van der Waals surface area contributed by atoms with Gasteiger partial charge in [-0.15, -0.1) is 0 Å². The maximum atomic E-state index is 5.91. The van der Waals surface area contributed by atoms with Crippen LogP contribution in [0.1, 0.15) is 76.9 Å². The van der Waals surface area contributed by atoms with Crippen LogP contribution in [0.4, 0.5) is 0 Å². The van der Waals surface area contributed by atoms with Crippen molar-refractivity contribution >= 4 is 0 Å². The normalized spacial score (nSPS) is 12.3. The summed E-state index contributed by atoms with van der Waals surface area (Å²) in [5.74, 6) is 0.907. The molecule has 0 fully saturated rings. The smallest absolute Gasteiger partial charge is 0.118 e. The zero-order valence-electron chi connectivity index (χ0n) is 14.1. The van der Waals surface area contributed by atoms with Crippen LogP contribution in [0.5, 0.6) is 5.75 Å². The van der Waals surface area contributed by atoms with Crippen molar-refractivity contribution in [2.75, 3.05) is 13.7 Å². The second-order valence-corrected chi connectivity index (χ2v) is 5.63. The highest BCUT2D eigenvalue weighted by Crippen LogP contribution is 2.26. The van der Waals surface area contributed by atoms with Crippen molar-refractivity contribution in [2.45, 2.75) is 71.3 Å². The van der Waals surface area contributed by atoms with Crippen LogP contribution in [0.15, 0.2) is 24.3 Å². The van der Waals surface area contributed by atoms with Crippen molar-refractivity contribution in [2.24, 2.45) is 0 Å². The minimum absolute atomic E-state index is 0.233. The van der Waals surface area contributed by atoms with E-state index in [2.05, 4.69) is 26.0 Å². The number of benzene rings is 1. The Hall–Kier alpha value is -1.02. The Morgan fingerprint density at radius 1 is 0.857 bits per heavy atom. The second-order valence-electron chi connectivity index (χ2n) is 5.63. The molecule has 21 heavy (non-hydrogen) atoms. The van der Waals surface area contributed by atoms with Gasteiger partial charge in [0.05, 0.1) is 13.2 Å². The maximum Gasteiger partial charge on any atom is 0.118 e. The van der Waals surface area contributed by atoms with Crippen molar-refractivity contribution in [3.8, 4) is 5.75 Å². The summed E-state index contributed by atoms with van der Waals surface area (Å²) in [5.41, 5.74) is 1.27. The molecule has 0 spiro atoms. The van der Waals surface area contributed by atoms with Gasteiger partial charge in [-0.3, -0.25) is 0 Å². The van der Waals surface area contributed by atoms with Gasteiger partial charge < -0.3 is 9.47 Å². The van der Waals surface area contributed by atoms with Gasteiger partial charge in [0.25, 0.3) is 0 Å². The zero-order chi connectivity index (χ0) is 15.3. The van der Waals surface area contributed by atoms with E-state index in [-0.39, 0.29) is 6.10 Å². The number of hydrogen-bond donors (Lipinski definition) is 0. The summed E-state index contributed by atoms with van der Waals surface area (Å²) in [5, 5.41) is 0. The number of rotatable bonds is 12. The van der Waals surface area contributed by atoms with Gasteiger partial charge in [-0.1, -0.05) is 64.0 Å². The molecule has 1 atom stereocenters. The first kappa shape index (κ1) is 18.0. The fraction of sp³-hybridized carbons (Fsp3) is 0.684. The first-order valence-electron chi connectivity index (χ1n) is 8.57. The molecule has 0 radical (unpaired) electrons. The van der Waals surface area contributed by atoms with Gasteiger partial charge >= 0.3 is 0 Å². The van der Waals surface area contributed by atoms with E-state index in [1.807, 2.05) is 12.1 Å². The summed E-state index contributed by atoms with van der Waals surface area (Å²) in [7, 11) is 1.70. The SMILES string of the molecule is CCCCCCCCCC(OCC)c1ccc(OC)cc1. The van der Waals surface area contributed by atoms with E-state index in [0.717, 1.165) is 18.8 Å². The summed E-state index contributed by atoms with van der Waals surface area (Å²) in [4.78, 5) is 0. The number of methoxy groups -OCH3 is 1. The third-order valence-electron chi connectivity index (χ3n) is 3.93. The third-order valence-corrected chi connectivity index (χ3v) is 3.93. The average molecular weight is 292 g/mol. The molecule has 0 saturated heterocycles. The summed E-state index contributed by atoms with van der Waals surface area (Å²) in [6.45, 7) is 5.11. The quantitative estimate of drug-likeness (QED) is 0.446. The fourth-order valence-electron chi connectivity index (χ4n) is 2.65. The summed E-state index contributed by atoms with van der Waals surface area (Å²) >= 11 is 0. The predicted molar refractivity (Wildman–Crippen MR) is 90.0 cm³/mol. The van der Waals surface area contributed by atoms with E-state index in [1.165, 1.54) is 50.5 Å². The van der Waals surface area contributed by atoms with Gasteiger partial charge in [0.2, 0.25) is 0 Å². The van der Waals surface area contributed by atoms with Crippen molar-refractivity contribution in [1.29, 1.82) is 0 Å². The molecule has 0 aromatic heterocycles. The van der Waals surface area contributed by atoms with Crippen molar-refractivity contribution in [3.05, 3.63) is 29.8 Å². The Morgan fingerprint density at radius 3 is 2.05 bits per heavy atom. The van der Waals surface area contributed by atoms with Crippen LogP contribution in [0.25, 0.3) is 0 Å². The molecule has 0 aliphatic carbocycles. The number of ether oxygens (including phenoxy) is 2. The first-order valence-corrected chi connectivity index (χ1v) is 8.57. The molecule has 1 unspecified atom stereocenters. The minimum Gasteiger partial charge on any atom is -0.497 e. The summed E-state index contributed by atoms with van der Waals surface area (Å²) in [6.07, 6.45) is 10.8. The Balaban J connectivity index is 2.32. The largest absolute Gasteiger partial charge is 0.497 e. The van der Waals surface area contributed by atoms with Crippen LogP contribution in [0.3, 0.4) is 0 Å². The number of hydrogen-bond acceptors (Lipinski definition) is 2. The zero-order valence-corrected chi connectivity index (χ0v) is 14.1. The molecule has 2 heteroatoms. The highest BCUT2D eigenvalue weighted by Gasteiger charge is 2.11. The lowest BCUT2D eigenvalue weighted by Gasteiger charge is -2.17. The van der Waals surface area contributed by atoms with E-state index in [9.17, 15) is 0 Å². The van der Waals surface area contributed by atoms with Crippen LogP contribution in [-0.2, 0) is 4.74 Å². The molecule has 2 nitrogen and oxygen atoms in total. The highest BCUT2D eigenvalue weighted by molar-refractivity contribution is 5.28. The molecule has 120 valence electrons. The molecule has 0 heterocycles. The van der Waals surface area contributed by atoms with Gasteiger partial charge in [-0.05, 0) is 31.0 Å². The lowest BCUT2D eigenvalue weighted by Crippen LogP contribution is -2.04. The van der Waals surface area contributed by atoms with E-state index < -0.39 is 0 Å². The summed E-state index contributed by atoms with van der Waals surface area (Å²) in [6, 6.07) is 8.29. The average Bonchev–Trinajstić information content (AvgIpc) is 2.53. The van der Waals surface area contributed by atoms with E-state index >= 15 is 0 Å². The Morgan fingerprint density at radius 2 is 1.48 bits per heavy atom. The second kappa shape index (κ2) is 11.6. The Labute approximate surface area is 130 Å². The topological polar surface area (TPSA) is 18.5 Å². The molecule has 0 bridgehead atoms. The Bertz CT molecular complexity index is 345. The third kappa shape index (κ3) is 7.52. The van der Waals surface area contributed by atoms with Crippen LogP contribution >= 0.6 is 0 Å². The molecule has 0 aliphatic heterocycles. The molecular formula is C19H32O2. The fourth-order valence-corrected chi connectivity index (χ4v) is 2.65. The Kier molecular flexibility index (Phi) is 9.98.